The summed E-state index contributed by atoms with van der Waals surface area (Å²) in [6.07, 6.45) is 0. The van der Waals surface area contributed by atoms with E-state index in [0.717, 1.165) is 44.2 Å². The number of rotatable bonds is 4. The summed E-state index contributed by atoms with van der Waals surface area (Å²) in [6.45, 7) is 0. The molecule has 1 aliphatic carbocycles. The lowest BCUT2D eigenvalue weighted by Crippen LogP contribution is -2.04. The number of hydrogen-bond donors (Lipinski definition) is 0. The van der Waals surface area contributed by atoms with Crippen LogP contribution in [0.4, 0.5) is 0 Å². The minimum absolute atomic E-state index is 0.632. The molecule has 236 valence electrons. The maximum absolute atomic E-state index is 5.22. The summed E-state index contributed by atoms with van der Waals surface area (Å²) in [6, 6.07) is 60.3. The van der Waals surface area contributed by atoms with Crippen molar-refractivity contribution in [1.82, 2.24) is 19.5 Å². The summed E-state index contributed by atoms with van der Waals surface area (Å²) in [7, 11) is 0. The van der Waals surface area contributed by atoms with E-state index < -0.39 is 0 Å². The quantitative estimate of drug-likeness (QED) is 0.191. The molecule has 2 heterocycles. The zero-order valence-electron chi connectivity index (χ0n) is 27.5. The third kappa shape index (κ3) is 4.17. The van der Waals surface area contributed by atoms with Crippen LogP contribution in [-0.2, 0) is 0 Å². The molecule has 11 rings (SSSR count). The zero-order chi connectivity index (χ0) is 33.5. The molecule has 0 saturated carbocycles. The monoisotopic (exact) mass is 648 g/mol. The van der Waals surface area contributed by atoms with Gasteiger partial charge >= 0.3 is 0 Å². The molecule has 10 aromatic rings. The van der Waals surface area contributed by atoms with E-state index in [9.17, 15) is 0 Å². The van der Waals surface area contributed by atoms with E-state index in [2.05, 4.69) is 138 Å². The summed E-state index contributed by atoms with van der Waals surface area (Å²) in [5, 5.41) is 7.37. The Labute approximate surface area is 294 Å². The highest BCUT2D eigenvalue weighted by atomic mass is 15.1. The van der Waals surface area contributed by atoms with E-state index in [-0.39, 0.29) is 0 Å². The third-order valence-electron chi connectivity index (χ3n) is 10.3. The van der Waals surface area contributed by atoms with Crippen molar-refractivity contribution in [3.05, 3.63) is 170 Å². The molecule has 0 spiro atoms. The van der Waals surface area contributed by atoms with Crippen LogP contribution >= 0.6 is 0 Å². The van der Waals surface area contributed by atoms with Gasteiger partial charge in [-0.15, -0.1) is 0 Å². The van der Waals surface area contributed by atoms with Crippen molar-refractivity contribution >= 4 is 43.4 Å². The average Bonchev–Trinajstić information content (AvgIpc) is 3.49. The van der Waals surface area contributed by atoms with E-state index in [1.807, 2.05) is 36.4 Å². The van der Waals surface area contributed by atoms with E-state index in [4.69, 9.17) is 15.0 Å². The predicted molar refractivity (Wildman–Crippen MR) is 210 cm³/mol. The van der Waals surface area contributed by atoms with Gasteiger partial charge in [-0.25, -0.2) is 15.0 Å². The van der Waals surface area contributed by atoms with Gasteiger partial charge in [0.15, 0.2) is 17.5 Å². The molecule has 0 unspecified atom stereocenters. The standard InChI is InChI=1S/C47H28N4/c1-3-13-30(14-4-1)45-48-46(31-15-5-2-6-16-31)50-47(49-45)38-27-32-17-7-8-18-33(32)28-41(38)51-39-25-11-23-36-34-21-9-19-29-20-10-22-35(42(29)34)37-24-12-26-40(51)44(37)43(36)39/h1-28H. The Balaban J connectivity index is 1.27. The minimum Gasteiger partial charge on any atom is -0.308 e. The van der Waals surface area contributed by atoms with E-state index in [0.29, 0.717) is 17.5 Å². The van der Waals surface area contributed by atoms with Crippen LogP contribution in [0.5, 0.6) is 0 Å². The number of hydrogen-bond acceptors (Lipinski definition) is 3. The molecule has 0 aliphatic heterocycles. The first-order valence-corrected chi connectivity index (χ1v) is 17.3. The second kappa shape index (κ2) is 10.8. The molecule has 2 aromatic heterocycles. The Kier molecular flexibility index (Phi) is 5.92. The van der Waals surface area contributed by atoms with Gasteiger partial charge in [-0.1, -0.05) is 146 Å². The lowest BCUT2D eigenvalue weighted by Gasteiger charge is -2.17. The zero-order valence-corrected chi connectivity index (χ0v) is 27.5. The molecule has 0 fully saturated rings. The fourth-order valence-corrected chi connectivity index (χ4v) is 8.13. The van der Waals surface area contributed by atoms with Gasteiger partial charge in [0.25, 0.3) is 0 Å². The van der Waals surface area contributed by atoms with Crippen LogP contribution < -0.4 is 0 Å². The Bertz CT molecular complexity index is 2860. The van der Waals surface area contributed by atoms with E-state index in [1.54, 1.807) is 0 Å². The first kappa shape index (κ1) is 28.0. The van der Waals surface area contributed by atoms with Gasteiger partial charge in [0.1, 0.15) is 0 Å². The Morgan fingerprint density at radius 3 is 1.29 bits per heavy atom. The molecular weight excluding hydrogens is 621 g/mol. The molecule has 0 N–H and O–H groups in total. The summed E-state index contributed by atoms with van der Waals surface area (Å²) >= 11 is 0. The summed E-state index contributed by atoms with van der Waals surface area (Å²) < 4.78 is 2.43. The van der Waals surface area contributed by atoms with Crippen molar-refractivity contribution in [2.75, 3.05) is 0 Å². The molecular formula is C47H28N4. The Morgan fingerprint density at radius 2 is 0.745 bits per heavy atom. The van der Waals surface area contributed by atoms with Crippen LogP contribution in [-0.4, -0.2) is 19.5 Å². The predicted octanol–water partition coefficient (Wildman–Crippen LogP) is 11.9. The van der Waals surface area contributed by atoms with Gasteiger partial charge in [0.05, 0.1) is 16.7 Å². The number of benzene rings is 8. The molecule has 0 bridgehead atoms. The van der Waals surface area contributed by atoms with Gasteiger partial charge < -0.3 is 4.57 Å². The highest BCUT2D eigenvalue weighted by Gasteiger charge is 2.26. The number of aromatic nitrogens is 4. The molecule has 0 amide bonds. The first-order valence-electron chi connectivity index (χ1n) is 17.3. The lowest BCUT2D eigenvalue weighted by molar-refractivity contribution is 1.07. The largest absolute Gasteiger partial charge is 0.308 e. The molecule has 0 saturated heterocycles. The molecule has 0 radical (unpaired) electrons. The maximum Gasteiger partial charge on any atom is 0.166 e. The van der Waals surface area contributed by atoms with Crippen molar-refractivity contribution in [3.8, 4) is 62.1 Å². The van der Waals surface area contributed by atoms with Gasteiger partial charge in [-0.3, -0.25) is 0 Å². The molecule has 8 aromatic carbocycles. The first-order chi connectivity index (χ1) is 25.3. The van der Waals surface area contributed by atoms with Crippen LogP contribution in [0.2, 0.25) is 0 Å². The van der Waals surface area contributed by atoms with Crippen molar-refractivity contribution < 1.29 is 0 Å². The van der Waals surface area contributed by atoms with Gasteiger partial charge in [-0.05, 0) is 68.1 Å². The van der Waals surface area contributed by atoms with E-state index in [1.165, 1.54) is 43.8 Å². The summed E-state index contributed by atoms with van der Waals surface area (Å²) in [4.78, 5) is 15.4. The van der Waals surface area contributed by atoms with Crippen LogP contribution in [0.15, 0.2) is 170 Å². The van der Waals surface area contributed by atoms with E-state index >= 15 is 0 Å². The van der Waals surface area contributed by atoms with Crippen molar-refractivity contribution in [2.24, 2.45) is 0 Å². The fourth-order valence-electron chi connectivity index (χ4n) is 8.13. The van der Waals surface area contributed by atoms with Crippen LogP contribution in [0.3, 0.4) is 0 Å². The second-order valence-electron chi connectivity index (χ2n) is 13.2. The summed E-state index contributed by atoms with van der Waals surface area (Å²) in [5.41, 5.74) is 11.2. The summed E-state index contributed by atoms with van der Waals surface area (Å²) in [5.74, 6) is 1.92. The molecule has 0 atom stereocenters. The molecule has 4 heteroatoms. The molecule has 4 nitrogen and oxygen atoms in total. The normalized spacial score (nSPS) is 11.9. The minimum atomic E-state index is 0.632. The van der Waals surface area contributed by atoms with Crippen LogP contribution in [0, 0.1) is 0 Å². The third-order valence-corrected chi connectivity index (χ3v) is 10.3. The highest BCUT2D eigenvalue weighted by molar-refractivity contribution is 6.27. The Morgan fingerprint density at radius 1 is 0.314 bits per heavy atom. The molecule has 1 aliphatic rings. The fraction of sp³-hybridized carbons (Fsp3) is 0. The highest BCUT2D eigenvalue weighted by Crippen LogP contribution is 2.50. The maximum atomic E-state index is 5.22. The van der Waals surface area contributed by atoms with Crippen LogP contribution in [0.1, 0.15) is 0 Å². The Hall–Kier alpha value is -6.91. The lowest BCUT2D eigenvalue weighted by atomic mass is 9.93. The average molecular weight is 649 g/mol. The smallest absolute Gasteiger partial charge is 0.166 e. The number of fused-ring (bicyclic) bond motifs is 3. The van der Waals surface area contributed by atoms with Gasteiger partial charge in [0, 0.05) is 27.5 Å². The molecule has 51 heavy (non-hydrogen) atoms. The topological polar surface area (TPSA) is 43.6 Å². The number of nitrogens with zero attached hydrogens (tertiary/aromatic N) is 4. The van der Waals surface area contributed by atoms with Gasteiger partial charge in [0.2, 0.25) is 0 Å². The van der Waals surface area contributed by atoms with Gasteiger partial charge in [-0.2, -0.15) is 0 Å². The SMILES string of the molecule is c1ccc(-c2nc(-c3ccccc3)nc(-c3cc4ccccc4cc3-n3c4cccc5c4c4c(cccc43)-c3cccc4cccc-5c34)n2)cc1. The van der Waals surface area contributed by atoms with Crippen molar-refractivity contribution in [1.29, 1.82) is 0 Å². The van der Waals surface area contributed by atoms with Crippen LogP contribution in [0.25, 0.3) is 105 Å². The van der Waals surface area contributed by atoms with Crippen molar-refractivity contribution in [3.63, 3.8) is 0 Å². The van der Waals surface area contributed by atoms with Crippen molar-refractivity contribution in [2.45, 2.75) is 0 Å². The second-order valence-corrected chi connectivity index (χ2v) is 13.2.